The molecule has 1 saturated carbocycles. The van der Waals surface area contributed by atoms with Crippen LogP contribution in [0.5, 0.6) is 0 Å². The Labute approximate surface area is 122 Å². The Kier molecular flexibility index (Phi) is 4.59. The summed E-state index contributed by atoms with van der Waals surface area (Å²) in [6, 6.07) is 4.78. The lowest BCUT2D eigenvalue weighted by atomic mass is 9.86. The van der Waals surface area contributed by atoms with Gasteiger partial charge in [-0.3, -0.25) is 4.79 Å². The van der Waals surface area contributed by atoms with Crippen LogP contribution in [0.15, 0.2) is 24.3 Å². The maximum absolute atomic E-state index is 12.7. The molecule has 1 aliphatic rings. The van der Waals surface area contributed by atoms with Gasteiger partial charge < -0.3 is 4.90 Å². The summed E-state index contributed by atoms with van der Waals surface area (Å²) in [5.74, 6) is 0.332. The molecule has 0 aromatic heterocycles. The van der Waals surface area contributed by atoms with Crippen molar-refractivity contribution in [3.8, 4) is 0 Å². The van der Waals surface area contributed by atoms with Gasteiger partial charge in [-0.2, -0.15) is 13.2 Å². The summed E-state index contributed by atoms with van der Waals surface area (Å²) in [4.78, 5) is 14.0. The minimum Gasteiger partial charge on any atom is -0.339 e. The van der Waals surface area contributed by atoms with E-state index in [1.807, 2.05) is 0 Å². The highest BCUT2D eigenvalue weighted by molar-refractivity contribution is 5.94. The van der Waals surface area contributed by atoms with Crippen molar-refractivity contribution in [2.45, 2.75) is 44.8 Å². The number of carbonyl (C=O) groups is 1. The minimum absolute atomic E-state index is 0.103. The molecular formula is C16H20F3NO. The van der Waals surface area contributed by atoms with Crippen molar-refractivity contribution in [3.63, 3.8) is 0 Å². The second kappa shape index (κ2) is 6.08. The third kappa shape index (κ3) is 3.77. The first-order valence-corrected chi connectivity index (χ1v) is 7.23. The molecule has 0 saturated heterocycles. The standard InChI is InChI=1S/C16H20F3NO/c1-11-6-8-14(9-7-11)20(2)15(21)12-4-3-5-13(10-12)16(17,18)19/h3-5,10-11,14H,6-9H2,1-2H3. The number of hydrogen-bond donors (Lipinski definition) is 0. The van der Waals surface area contributed by atoms with Crippen LogP contribution in [-0.2, 0) is 6.18 Å². The molecule has 0 spiro atoms. The number of alkyl halides is 3. The van der Waals surface area contributed by atoms with Crippen molar-refractivity contribution in [1.82, 2.24) is 4.90 Å². The molecular weight excluding hydrogens is 279 g/mol. The number of halogens is 3. The molecule has 0 atom stereocenters. The first-order chi connectivity index (χ1) is 9.79. The summed E-state index contributed by atoms with van der Waals surface area (Å²) in [6.45, 7) is 2.19. The summed E-state index contributed by atoms with van der Waals surface area (Å²) in [6.07, 6.45) is -0.463. The highest BCUT2D eigenvalue weighted by Gasteiger charge is 2.32. The molecule has 0 radical (unpaired) electrons. The first-order valence-electron chi connectivity index (χ1n) is 7.23. The topological polar surface area (TPSA) is 20.3 Å². The summed E-state index contributed by atoms with van der Waals surface area (Å²) < 4.78 is 38.1. The molecule has 0 unspecified atom stereocenters. The van der Waals surface area contributed by atoms with Crippen LogP contribution in [0.4, 0.5) is 13.2 Å². The summed E-state index contributed by atoms with van der Waals surface area (Å²) in [7, 11) is 1.68. The number of amides is 1. The highest BCUT2D eigenvalue weighted by Crippen LogP contribution is 2.31. The predicted octanol–water partition coefficient (Wildman–Crippen LogP) is 4.36. The van der Waals surface area contributed by atoms with E-state index in [1.165, 1.54) is 12.1 Å². The van der Waals surface area contributed by atoms with Gasteiger partial charge in [-0.1, -0.05) is 13.0 Å². The van der Waals surface area contributed by atoms with Gasteiger partial charge >= 0.3 is 6.18 Å². The molecule has 116 valence electrons. The fraction of sp³-hybridized carbons (Fsp3) is 0.562. The quantitative estimate of drug-likeness (QED) is 0.794. The number of rotatable bonds is 2. The number of benzene rings is 1. The van der Waals surface area contributed by atoms with Crippen molar-refractivity contribution >= 4 is 5.91 Å². The van der Waals surface area contributed by atoms with Gasteiger partial charge in [-0.15, -0.1) is 0 Å². The van der Waals surface area contributed by atoms with Crippen molar-refractivity contribution < 1.29 is 18.0 Å². The monoisotopic (exact) mass is 299 g/mol. The molecule has 21 heavy (non-hydrogen) atoms. The molecule has 2 nitrogen and oxygen atoms in total. The molecule has 0 bridgehead atoms. The Morgan fingerprint density at radius 3 is 2.38 bits per heavy atom. The average molecular weight is 299 g/mol. The van der Waals surface area contributed by atoms with Crippen molar-refractivity contribution in [1.29, 1.82) is 0 Å². The molecule has 1 amide bonds. The van der Waals surface area contributed by atoms with E-state index in [1.54, 1.807) is 11.9 Å². The Hall–Kier alpha value is -1.52. The molecule has 2 rings (SSSR count). The maximum Gasteiger partial charge on any atom is 0.416 e. The predicted molar refractivity (Wildman–Crippen MR) is 75.0 cm³/mol. The van der Waals surface area contributed by atoms with Crippen LogP contribution in [-0.4, -0.2) is 23.9 Å². The van der Waals surface area contributed by atoms with Gasteiger partial charge in [0.15, 0.2) is 0 Å². The van der Waals surface area contributed by atoms with Crippen LogP contribution >= 0.6 is 0 Å². The second-order valence-corrected chi connectivity index (χ2v) is 5.91. The lowest BCUT2D eigenvalue weighted by Crippen LogP contribution is -2.39. The molecule has 1 aromatic rings. The Balaban J connectivity index is 2.12. The first kappa shape index (κ1) is 15.9. The van der Waals surface area contributed by atoms with E-state index in [4.69, 9.17) is 0 Å². The van der Waals surface area contributed by atoms with Crippen LogP contribution in [0.3, 0.4) is 0 Å². The van der Waals surface area contributed by atoms with Crippen LogP contribution in [0.25, 0.3) is 0 Å². The van der Waals surface area contributed by atoms with Crippen molar-refractivity contribution in [3.05, 3.63) is 35.4 Å². The van der Waals surface area contributed by atoms with E-state index in [-0.39, 0.29) is 17.5 Å². The SMILES string of the molecule is CC1CCC(N(C)C(=O)c2cccc(C(F)(F)F)c2)CC1. The highest BCUT2D eigenvalue weighted by atomic mass is 19.4. The van der Waals surface area contributed by atoms with E-state index in [0.717, 1.165) is 37.8 Å². The molecule has 1 aromatic carbocycles. The third-order valence-electron chi connectivity index (χ3n) is 4.29. The van der Waals surface area contributed by atoms with Gasteiger partial charge in [0.05, 0.1) is 5.56 Å². The van der Waals surface area contributed by atoms with Gasteiger partial charge in [-0.05, 0) is 49.8 Å². The lowest BCUT2D eigenvalue weighted by molar-refractivity contribution is -0.137. The van der Waals surface area contributed by atoms with E-state index in [0.29, 0.717) is 5.92 Å². The smallest absolute Gasteiger partial charge is 0.339 e. The van der Waals surface area contributed by atoms with E-state index < -0.39 is 11.7 Å². The van der Waals surface area contributed by atoms with Gasteiger partial charge in [0.2, 0.25) is 0 Å². The normalized spacial score (nSPS) is 22.9. The minimum atomic E-state index is -4.42. The van der Waals surface area contributed by atoms with E-state index >= 15 is 0 Å². The molecule has 0 aliphatic heterocycles. The van der Waals surface area contributed by atoms with Crippen LogP contribution in [0.1, 0.15) is 48.5 Å². The zero-order chi connectivity index (χ0) is 15.6. The Morgan fingerprint density at radius 2 is 1.81 bits per heavy atom. The largest absolute Gasteiger partial charge is 0.416 e. The molecule has 1 aliphatic carbocycles. The fourth-order valence-corrected chi connectivity index (χ4v) is 2.83. The molecule has 0 heterocycles. The van der Waals surface area contributed by atoms with Crippen LogP contribution in [0.2, 0.25) is 0 Å². The van der Waals surface area contributed by atoms with Crippen LogP contribution < -0.4 is 0 Å². The van der Waals surface area contributed by atoms with Crippen molar-refractivity contribution in [2.24, 2.45) is 5.92 Å². The average Bonchev–Trinajstić information content (AvgIpc) is 2.46. The number of nitrogens with zero attached hydrogens (tertiary/aromatic N) is 1. The zero-order valence-corrected chi connectivity index (χ0v) is 12.3. The third-order valence-corrected chi connectivity index (χ3v) is 4.29. The van der Waals surface area contributed by atoms with E-state index in [9.17, 15) is 18.0 Å². The van der Waals surface area contributed by atoms with Gasteiger partial charge in [-0.25, -0.2) is 0 Å². The molecule has 5 heteroatoms. The molecule has 1 fully saturated rings. The fourth-order valence-electron chi connectivity index (χ4n) is 2.83. The number of hydrogen-bond acceptors (Lipinski definition) is 1. The Bertz CT molecular complexity index is 504. The second-order valence-electron chi connectivity index (χ2n) is 5.91. The number of carbonyl (C=O) groups excluding carboxylic acids is 1. The summed E-state index contributed by atoms with van der Waals surface area (Å²) >= 11 is 0. The Morgan fingerprint density at radius 1 is 1.19 bits per heavy atom. The summed E-state index contributed by atoms with van der Waals surface area (Å²) in [5, 5.41) is 0. The summed E-state index contributed by atoms with van der Waals surface area (Å²) in [5.41, 5.74) is -0.676. The maximum atomic E-state index is 12.7. The zero-order valence-electron chi connectivity index (χ0n) is 12.3. The van der Waals surface area contributed by atoms with Gasteiger partial charge in [0.1, 0.15) is 0 Å². The van der Waals surface area contributed by atoms with Gasteiger partial charge in [0.25, 0.3) is 5.91 Å². The lowest BCUT2D eigenvalue weighted by Gasteiger charge is -2.33. The van der Waals surface area contributed by atoms with Crippen molar-refractivity contribution in [2.75, 3.05) is 7.05 Å². The van der Waals surface area contributed by atoms with E-state index in [2.05, 4.69) is 6.92 Å². The van der Waals surface area contributed by atoms with Crippen LogP contribution in [0, 0.1) is 5.92 Å². The van der Waals surface area contributed by atoms with Gasteiger partial charge in [0, 0.05) is 18.7 Å². The molecule has 0 N–H and O–H groups in total.